The van der Waals surface area contributed by atoms with Crippen molar-refractivity contribution in [2.45, 2.75) is 25.8 Å². The first-order chi connectivity index (χ1) is 10.8. The van der Waals surface area contributed by atoms with Crippen molar-refractivity contribution in [1.82, 2.24) is 20.1 Å². The van der Waals surface area contributed by atoms with Gasteiger partial charge in [0.2, 0.25) is 0 Å². The highest BCUT2D eigenvalue weighted by Gasteiger charge is 2.24. The number of benzene rings is 1. The average Bonchev–Trinajstić information content (AvgIpc) is 3.15. The Bertz CT molecular complexity index is 814. The molecule has 6 heteroatoms. The molecule has 0 amide bonds. The third-order valence-electron chi connectivity index (χ3n) is 3.91. The molecule has 3 aromatic rings. The lowest BCUT2D eigenvalue weighted by Gasteiger charge is -2.15. The lowest BCUT2D eigenvalue weighted by Crippen LogP contribution is -2.09. The maximum absolute atomic E-state index is 5.24. The summed E-state index contributed by atoms with van der Waals surface area (Å²) < 4.78 is 5.24. The molecule has 1 aromatic carbocycles. The number of nitrogens with zero attached hydrogens (tertiary/aromatic N) is 4. The Kier molecular flexibility index (Phi) is 3.07. The molecule has 0 radical (unpaired) electrons. The molecule has 1 atom stereocenters. The van der Waals surface area contributed by atoms with Crippen LogP contribution in [0, 0.1) is 6.92 Å². The van der Waals surface area contributed by atoms with Crippen molar-refractivity contribution >= 4 is 5.82 Å². The van der Waals surface area contributed by atoms with Crippen LogP contribution in [-0.2, 0) is 6.42 Å². The highest BCUT2D eigenvalue weighted by atomic mass is 16.5. The molecule has 1 aliphatic carbocycles. The SMILES string of the molecule is Cc1noc(-c2cncnc2N[C@@H]2CCc3ccccc32)n1. The fourth-order valence-electron chi connectivity index (χ4n) is 2.88. The molecule has 0 saturated carbocycles. The van der Waals surface area contributed by atoms with E-state index in [-0.39, 0.29) is 6.04 Å². The van der Waals surface area contributed by atoms with Crippen molar-refractivity contribution in [2.24, 2.45) is 0 Å². The minimum atomic E-state index is 0.244. The number of fused-ring (bicyclic) bond motifs is 1. The zero-order valence-corrected chi connectivity index (χ0v) is 12.2. The first kappa shape index (κ1) is 12.9. The standard InChI is InChI=1S/C16H15N5O/c1-10-19-16(22-21-10)13-8-17-9-18-15(13)20-14-7-6-11-4-2-3-5-12(11)14/h2-5,8-9,14H,6-7H2,1H3,(H,17,18,20)/t14-/m1/s1. The fourth-order valence-corrected chi connectivity index (χ4v) is 2.88. The minimum absolute atomic E-state index is 0.244. The van der Waals surface area contributed by atoms with Gasteiger partial charge in [-0.3, -0.25) is 0 Å². The van der Waals surface area contributed by atoms with Gasteiger partial charge in [0.15, 0.2) is 5.82 Å². The number of nitrogens with one attached hydrogen (secondary N) is 1. The molecule has 6 nitrogen and oxygen atoms in total. The summed E-state index contributed by atoms with van der Waals surface area (Å²) in [6, 6.07) is 8.74. The Morgan fingerprint density at radius 2 is 2.18 bits per heavy atom. The van der Waals surface area contributed by atoms with Gasteiger partial charge in [-0.05, 0) is 30.9 Å². The first-order valence-electron chi connectivity index (χ1n) is 7.26. The maximum Gasteiger partial charge on any atom is 0.263 e. The molecule has 4 rings (SSSR count). The van der Waals surface area contributed by atoms with Crippen molar-refractivity contribution < 1.29 is 4.52 Å². The zero-order valence-electron chi connectivity index (χ0n) is 12.2. The van der Waals surface area contributed by atoms with E-state index in [9.17, 15) is 0 Å². The number of aromatic nitrogens is 4. The molecule has 0 fully saturated rings. The summed E-state index contributed by atoms with van der Waals surface area (Å²) in [5.74, 6) is 1.75. The molecule has 1 N–H and O–H groups in total. The number of hydrogen-bond acceptors (Lipinski definition) is 6. The van der Waals surface area contributed by atoms with E-state index in [1.165, 1.54) is 17.5 Å². The molecule has 22 heavy (non-hydrogen) atoms. The Hall–Kier alpha value is -2.76. The van der Waals surface area contributed by atoms with Crippen LogP contribution >= 0.6 is 0 Å². The van der Waals surface area contributed by atoms with Gasteiger partial charge in [-0.1, -0.05) is 29.4 Å². The van der Waals surface area contributed by atoms with Gasteiger partial charge in [-0.15, -0.1) is 0 Å². The molecule has 2 heterocycles. The second kappa shape index (κ2) is 5.22. The van der Waals surface area contributed by atoms with Crippen LogP contribution in [0.2, 0.25) is 0 Å². The van der Waals surface area contributed by atoms with Crippen molar-refractivity contribution in [2.75, 3.05) is 5.32 Å². The van der Waals surface area contributed by atoms with Gasteiger partial charge in [0.25, 0.3) is 5.89 Å². The van der Waals surface area contributed by atoms with E-state index >= 15 is 0 Å². The van der Waals surface area contributed by atoms with Crippen LogP contribution in [0.1, 0.15) is 29.4 Å². The number of anilines is 1. The van der Waals surface area contributed by atoms with Crippen LogP contribution in [0.3, 0.4) is 0 Å². The monoisotopic (exact) mass is 293 g/mol. The average molecular weight is 293 g/mol. The summed E-state index contributed by atoms with van der Waals surface area (Å²) in [4.78, 5) is 12.7. The third-order valence-corrected chi connectivity index (χ3v) is 3.91. The molecule has 0 saturated heterocycles. The van der Waals surface area contributed by atoms with Gasteiger partial charge in [-0.25, -0.2) is 9.97 Å². The van der Waals surface area contributed by atoms with E-state index in [2.05, 4.69) is 49.7 Å². The molecule has 0 unspecified atom stereocenters. The predicted octanol–water partition coefficient (Wildman–Crippen LogP) is 2.93. The lowest BCUT2D eigenvalue weighted by molar-refractivity contribution is 0.425. The van der Waals surface area contributed by atoms with E-state index in [0.717, 1.165) is 24.2 Å². The number of aryl methyl sites for hydroxylation is 2. The number of rotatable bonds is 3. The van der Waals surface area contributed by atoms with E-state index in [1.54, 1.807) is 13.1 Å². The lowest BCUT2D eigenvalue weighted by atomic mass is 10.1. The van der Waals surface area contributed by atoms with Crippen LogP contribution < -0.4 is 5.32 Å². The molecular formula is C16H15N5O. The van der Waals surface area contributed by atoms with Gasteiger partial charge in [0.05, 0.1) is 6.04 Å². The molecule has 0 bridgehead atoms. The summed E-state index contributed by atoms with van der Waals surface area (Å²) in [7, 11) is 0. The summed E-state index contributed by atoms with van der Waals surface area (Å²) in [6.07, 6.45) is 5.35. The Morgan fingerprint density at radius 1 is 1.27 bits per heavy atom. The van der Waals surface area contributed by atoms with Gasteiger partial charge < -0.3 is 9.84 Å². The summed E-state index contributed by atoms with van der Waals surface area (Å²) >= 11 is 0. The highest BCUT2D eigenvalue weighted by molar-refractivity contribution is 5.68. The Balaban J connectivity index is 1.67. The van der Waals surface area contributed by atoms with E-state index in [0.29, 0.717) is 11.7 Å². The number of hydrogen-bond donors (Lipinski definition) is 1. The second-order valence-electron chi connectivity index (χ2n) is 5.37. The van der Waals surface area contributed by atoms with E-state index in [1.807, 2.05) is 0 Å². The van der Waals surface area contributed by atoms with Crippen molar-refractivity contribution in [1.29, 1.82) is 0 Å². The van der Waals surface area contributed by atoms with Crippen LogP contribution in [0.5, 0.6) is 0 Å². The first-order valence-corrected chi connectivity index (χ1v) is 7.26. The van der Waals surface area contributed by atoms with Crippen LogP contribution in [0.25, 0.3) is 11.5 Å². The van der Waals surface area contributed by atoms with E-state index in [4.69, 9.17) is 4.52 Å². The van der Waals surface area contributed by atoms with Crippen molar-refractivity contribution in [3.8, 4) is 11.5 Å². The molecule has 0 spiro atoms. The molecular weight excluding hydrogens is 278 g/mol. The van der Waals surface area contributed by atoms with Gasteiger partial charge in [-0.2, -0.15) is 4.98 Å². The van der Waals surface area contributed by atoms with E-state index < -0.39 is 0 Å². The third kappa shape index (κ3) is 2.22. The summed E-state index contributed by atoms with van der Waals surface area (Å²) in [5, 5.41) is 7.33. The van der Waals surface area contributed by atoms with Crippen LogP contribution in [0.4, 0.5) is 5.82 Å². The van der Waals surface area contributed by atoms with Crippen molar-refractivity contribution in [3.05, 3.63) is 53.7 Å². The van der Waals surface area contributed by atoms with Crippen LogP contribution in [0.15, 0.2) is 41.3 Å². The zero-order chi connectivity index (χ0) is 14.9. The predicted molar refractivity (Wildman–Crippen MR) is 81.2 cm³/mol. The molecule has 0 aliphatic heterocycles. The minimum Gasteiger partial charge on any atom is -0.362 e. The molecule has 110 valence electrons. The normalized spacial score (nSPS) is 16.5. The topological polar surface area (TPSA) is 76.7 Å². The fraction of sp³-hybridized carbons (Fsp3) is 0.250. The summed E-state index contributed by atoms with van der Waals surface area (Å²) in [6.45, 7) is 1.79. The van der Waals surface area contributed by atoms with Crippen LogP contribution in [-0.4, -0.2) is 20.1 Å². The largest absolute Gasteiger partial charge is 0.362 e. The Morgan fingerprint density at radius 3 is 3.05 bits per heavy atom. The molecule has 1 aliphatic rings. The van der Waals surface area contributed by atoms with Gasteiger partial charge in [0.1, 0.15) is 17.7 Å². The quantitative estimate of drug-likeness (QED) is 0.800. The molecule has 2 aromatic heterocycles. The van der Waals surface area contributed by atoms with Gasteiger partial charge in [0, 0.05) is 6.20 Å². The smallest absolute Gasteiger partial charge is 0.263 e. The summed E-state index contributed by atoms with van der Waals surface area (Å²) in [5.41, 5.74) is 3.45. The Labute approximate surface area is 127 Å². The highest BCUT2D eigenvalue weighted by Crippen LogP contribution is 2.35. The van der Waals surface area contributed by atoms with Crippen molar-refractivity contribution in [3.63, 3.8) is 0 Å². The van der Waals surface area contributed by atoms with Gasteiger partial charge >= 0.3 is 0 Å². The second-order valence-corrected chi connectivity index (χ2v) is 5.37. The maximum atomic E-state index is 5.24.